The third-order valence-electron chi connectivity index (χ3n) is 6.07. The Morgan fingerprint density at radius 2 is 1.83 bits per heavy atom. The van der Waals surface area contributed by atoms with E-state index in [1.165, 1.54) is 28.5 Å². The lowest BCUT2D eigenvalue weighted by Crippen LogP contribution is -2.41. The number of nitrogens with one attached hydrogen (secondary N) is 1. The quantitative estimate of drug-likeness (QED) is 0.342. The number of thioether (sulfide) groups is 1. The number of nitrogens with zero attached hydrogens (tertiary/aromatic N) is 4. The number of amidine groups is 3. The smallest absolute Gasteiger partial charge is 0.283 e. The molecule has 0 atom stereocenters. The Morgan fingerprint density at radius 3 is 2.57 bits per heavy atom. The van der Waals surface area contributed by atoms with Crippen molar-refractivity contribution in [3.05, 3.63) is 93.8 Å². The van der Waals surface area contributed by atoms with Crippen molar-refractivity contribution in [3.8, 4) is 5.69 Å². The van der Waals surface area contributed by atoms with E-state index in [0.29, 0.717) is 10.3 Å². The zero-order valence-corrected chi connectivity index (χ0v) is 21.6. The summed E-state index contributed by atoms with van der Waals surface area (Å²) in [6.45, 7) is 8.29. The average Bonchev–Trinajstić information content (AvgIpc) is 3.36. The highest BCUT2D eigenvalue weighted by Gasteiger charge is 2.37. The Kier molecular flexibility index (Phi) is 6.25. The Morgan fingerprint density at radius 1 is 1.06 bits per heavy atom. The van der Waals surface area contributed by atoms with Crippen LogP contribution in [0, 0.1) is 33.1 Å². The molecule has 0 unspecified atom stereocenters. The zero-order valence-electron chi connectivity index (χ0n) is 20.0. The molecule has 35 heavy (non-hydrogen) atoms. The maximum absolute atomic E-state index is 12.9. The largest absolute Gasteiger partial charge is 0.318 e. The first-order valence-corrected chi connectivity index (χ1v) is 13.0. The van der Waals surface area contributed by atoms with Crippen LogP contribution in [0.1, 0.15) is 33.6 Å². The van der Waals surface area contributed by atoms with E-state index in [0.717, 1.165) is 40.3 Å². The molecule has 176 valence electrons. The van der Waals surface area contributed by atoms with Gasteiger partial charge in [-0.2, -0.15) is 9.39 Å². The van der Waals surface area contributed by atoms with E-state index in [1.54, 1.807) is 11.0 Å². The summed E-state index contributed by atoms with van der Waals surface area (Å²) in [5.74, 6) is 0.427. The Bertz CT molecular complexity index is 1450. The van der Waals surface area contributed by atoms with E-state index < -0.39 is 5.91 Å². The van der Waals surface area contributed by atoms with Crippen molar-refractivity contribution in [2.45, 2.75) is 33.4 Å². The number of hydrogen-bond acceptors (Lipinski definition) is 5. The van der Waals surface area contributed by atoms with Crippen LogP contribution >= 0.6 is 23.7 Å². The van der Waals surface area contributed by atoms with Crippen molar-refractivity contribution in [2.75, 3.05) is 0 Å². The molecule has 0 fully saturated rings. The minimum atomic E-state index is -0.408. The molecule has 2 aromatic carbocycles. The van der Waals surface area contributed by atoms with E-state index in [4.69, 9.17) is 5.41 Å². The highest BCUT2D eigenvalue weighted by Crippen LogP contribution is 2.34. The van der Waals surface area contributed by atoms with E-state index in [2.05, 4.69) is 71.1 Å². The molecule has 0 saturated heterocycles. The van der Waals surface area contributed by atoms with Gasteiger partial charge in [-0.15, -0.1) is 0 Å². The number of hydrogen-bond donors (Lipinski definition) is 1. The number of rotatable bonds is 4. The SMILES string of the molecule is Cc1ccc(-n2c(C)cc(C=C3C(=N)N4C(SCc5ccccc5)=NSC4=NC3=O)c2C)c(C)c1. The predicted octanol–water partition coefficient (Wildman–Crippen LogP) is 6.22. The van der Waals surface area contributed by atoms with Gasteiger partial charge in [-0.05, 0) is 62.6 Å². The molecule has 3 heterocycles. The lowest BCUT2D eigenvalue weighted by Gasteiger charge is -2.24. The fraction of sp³-hybridized carbons (Fsp3) is 0.185. The minimum Gasteiger partial charge on any atom is -0.318 e. The topological polar surface area (TPSA) is 73.8 Å². The van der Waals surface area contributed by atoms with Gasteiger partial charge in [-0.25, -0.2) is 4.90 Å². The summed E-state index contributed by atoms with van der Waals surface area (Å²) >= 11 is 2.68. The van der Waals surface area contributed by atoms with Gasteiger partial charge in [0.25, 0.3) is 5.91 Å². The first kappa shape index (κ1) is 23.4. The number of amides is 1. The van der Waals surface area contributed by atoms with Gasteiger partial charge in [0.2, 0.25) is 5.17 Å². The summed E-state index contributed by atoms with van der Waals surface area (Å²) in [6, 6.07) is 18.6. The molecule has 0 saturated carbocycles. The van der Waals surface area contributed by atoms with E-state index in [-0.39, 0.29) is 11.4 Å². The number of aromatic nitrogens is 1. The van der Waals surface area contributed by atoms with Crippen LogP contribution < -0.4 is 0 Å². The molecule has 0 aliphatic carbocycles. The van der Waals surface area contributed by atoms with Crippen LogP contribution in [-0.2, 0) is 10.5 Å². The van der Waals surface area contributed by atoms with Crippen molar-refractivity contribution >= 4 is 51.9 Å². The molecule has 0 radical (unpaired) electrons. The average molecular weight is 500 g/mol. The summed E-state index contributed by atoms with van der Waals surface area (Å²) in [7, 11) is 0. The third-order valence-corrected chi connectivity index (χ3v) is 7.90. The summed E-state index contributed by atoms with van der Waals surface area (Å²) in [6.07, 6.45) is 1.79. The fourth-order valence-electron chi connectivity index (χ4n) is 4.33. The maximum atomic E-state index is 12.9. The normalized spacial score (nSPS) is 16.6. The Balaban J connectivity index is 1.45. The first-order valence-electron chi connectivity index (χ1n) is 11.3. The second-order valence-electron chi connectivity index (χ2n) is 8.63. The standard InChI is InChI=1S/C27H25N5OS2/c1-16-10-11-23(17(2)12-16)31-18(3)13-21(19(31)4)14-22-24(28)32-26(29-25(22)33)35-30-27(32)34-15-20-8-6-5-7-9-20/h5-14,28H,15H2,1-4H3. The molecule has 6 nitrogen and oxygen atoms in total. The number of carbonyl (C=O) groups excluding carboxylic acids is 1. The van der Waals surface area contributed by atoms with Gasteiger partial charge in [0.1, 0.15) is 5.84 Å². The molecule has 2 aliphatic heterocycles. The minimum absolute atomic E-state index is 0.112. The Hall–Kier alpha value is -3.36. The molecule has 1 aromatic heterocycles. The molecule has 5 rings (SSSR count). The van der Waals surface area contributed by atoms with Gasteiger partial charge < -0.3 is 4.57 Å². The van der Waals surface area contributed by atoms with Crippen LogP contribution in [0.15, 0.2) is 69.6 Å². The highest BCUT2D eigenvalue weighted by atomic mass is 32.2. The van der Waals surface area contributed by atoms with Gasteiger partial charge >= 0.3 is 0 Å². The highest BCUT2D eigenvalue weighted by molar-refractivity contribution is 8.18. The molecular formula is C27H25N5OS2. The fourth-order valence-corrected chi connectivity index (χ4v) is 6.13. The number of carbonyl (C=O) groups is 1. The van der Waals surface area contributed by atoms with Crippen molar-refractivity contribution in [1.29, 1.82) is 5.41 Å². The van der Waals surface area contributed by atoms with Crippen molar-refractivity contribution in [2.24, 2.45) is 9.39 Å². The van der Waals surface area contributed by atoms with Gasteiger partial charge in [0.15, 0.2) is 5.17 Å². The molecule has 8 heteroatoms. The summed E-state index contributed by atoms with van der Waals surface area (Å²) in [5.41, 5.74) is 7.94. The predicted molar refractivity (Wildman–Crippen MR) is 147 cm³/mol. The summed E-state index contributed by atoms with van der Waals surface area (Å²) in [4.78, 5) is 18.8. The molecule has 3 aromatic rings. The van der Waals surface area contributed by atoms with Gasteiger partial charge in [-0.3, -0.25) is 10.2 Å². The van der Waals surface area contributed by atoms with Crippen molar-refractivity contribution in [3.63, 3.8) is 0 Å². The number of fused-ring (bicyclic) bond motifs is 1. The van der Waals surface area contributed by atoms with Crippen LogP contribution in [0.25, 0.3) is 11.8 Å². The molecule has 2 aliphatic rings. The van der Waals surface area contributed by atoms with Crippen LogP contribution in [-0.4, -0.2) is 31.5 Å². The monoisotopic (exact) mass is 499 g/mol. The van der Waals surface area contributed by atoms with Gasteiger partial charge in [0, 0.05) is 22.8 Å². The molecular weight excluding hydrogens is 474 g/mol. The summed E-state index contributed by atoms with van der Waals surface area (Å²) < 4.78 is 6.68. The number of aliphatic imine (C=N–C) groups is 1. The summed E-state index contributed by atoms with van der Waals surface area (Å²) in [5, 5.41) is 9.97. The zero-order chi connectivity index (χ0) is 24.7. The van der Waals surface area contributed by atoms with Crippen molar-refractivity contribution < 1.29 is 4.79 Å². The van der Waals surface area contributed by atoms with Crippen LogP contribution in [0.2, 0.25) is 0 Å². The van der Waals surface area contributed by atoms with E-state index in [9.17, 15) is 4.79 Å². The van der Waals surface area contributed by atoms with Crippen LogP contribution in [0.5, 0.6) is 0 Å². The first-order chi connectivity index (χ1) is 16.8. The van der Waals surface area contributed by atoms with Crippen LogP contribution in [0.3, 0.4) is 0 Å². The molecule has 0 bridgehead atoms. The molecule has 1 amide bonds. The number of aryl methyl sites for hydroxylation is 3. The maximum Gasteiger partial charge on any atom is 0.283 e. The second-order valence-corrected chi connectivity index (χ2v) is 10.3. The lowest BCUT2D eigenvalue weighted by molar-refractivity contribution is -0.114. The van der Waals surface area contributed by atoms with E-state index in [1.807, 2.05) is 25.1 Å². The lowest BCUT2D eigenvalue weighted by atomic mass is 10.1. The Labute approximate surface area is 213 Å². The third kappa shape index (κ3) is 4.39. The van der Waals surface area contributed by atoms with Gasteiger partial charge in [-0.1, -0.05) is 59.8 Å². The molecule has 1 N–H and O–H groups in total. The van der Waals surface area contributed by atoms with Crippen LogP contribution in [0.4, 0.5) is 0 Å². The number of benzene rings is 2. The van der Waals surface area contributed by atoms with E-state index >= 15 is 0 Å². The molecule has 0 spiro atoms. The van der Waals surface area contributed by atoms with Gasteiger partial charge in [0.05, 0.1) is 17.5 Å². The van der Waals surface area contributed by atoms with Crippen molar-refractivity contribution in [1.82, 2.24) is 9.47 Å². The second kappa shape index (κ2) is 9.36.